The number of benzene rings is 1. The first-order valence-corrected chi connectivity index (χ1v) is 9.76. The van der Waals surface area contributed by atoms with E-state index in [4.69, 9.17) is 35.4 Å². The summed E-state index contributed by atoms with van der Waals surface area (Å²) in [5.74, 6) is -1.79. The van der Waals surface area contributed by atoms with Gasteiger partial charge in [0, 0.05) is 17.1 Å². The number of hydrogen-bond acceptors (Lipinski definition) is 5. The maximum Gasteiger partial charge on any atom is 0.266 e. The van der Waals surface area contributed by atoms with Gasteiger partial charge in [0.05, 0.1) is 27.5 Å². The largest absolute Gasteiger partial charge is 0.548 e. The number of halogens is 2. The van der Waals surface area contributed by atoms with Gasteiger partial charge in [0.15, 0.2) is 0 Å². The molecule has 0 spiro atoms. The average molecular weight is 440 g/mol. The number of thiocarbonyl (C=S) groups is 1. The molecule has 2 heterocycles. The molecule has 1 fully saturated rings. The molecule has 27 heavy (non-hydrogen) atoms. The van der Waals surface area contributed by atoms with E-state index in [0.717, 1.165) is 39.3 Å². The fraction of sp³-hybridized carbons (Fsp3) is 0.167. The van der Waals surface area contributed by atoms with Crippen molar-refractivity contribution >= 4 is 69.5 Å². The molecule has 5 nitrogen and oxygen atoms in total. The summed E-state index contributed by atoms with van der Waals surface area (Å²) in [5.41, 5.74) is 3.52. The van der Waals surface area contributed by atoms with E-state index in [0.29, 0.717) is 15.0 Å². The summed E-state index contributed by atoms with van der Waals surface area (Å²) < 4.78 is 2.20. The molecule has 0 unspecified atom stereocenters. The SMILES string of the molecule is Cc1cc(/C=C2/SC(=S)N(CC(=O)[O-])C2=O)c(C)n1-c1ccc(Cl)c(Cl)c1. The zero-order chi connectivity index (χ0) is 19.9. The van der Waals surface area contributed by atoms with Crippen LogP contribution in [-0.4, -0.2) is 32.2 Å². The minimum atomic E-state index is -1.36. The molecule has 0 saturated carbocycles. The van der Waals surface area contributed by atoms with Crippen molar-refractivity contribution in [2.75, 3.05) is 6.54 Å². The van der Waals surface area contributed by atoms with E-state index in [2.05, 4.69) is 0 Å². The molecule has 0 bridgehead atoms. The molecule has 1 saturated heterocycles. The van der Waals surface area contributed by atoms with Crippen LogP contribution in [0.4, 0.5) is 0 Å². The summed E-state index contributed by atoms with van der Waals surface area (Å²) in [6.45, 7) is 3.31. The summed E-state index contributed by atoms with van der Waals surface area (Å²) in [6.07, 6.45) is 1.71. The number of hydrogen-bond donors (Lipinski definition) is 0. The maximum atomic E-state index is 12.4. The van der Waals surface area contributed by atoms with Crippen LogP contribution in [0.15, 0.2) is 29.2 Å². The second kappa shape index (κ2) is 7.67. The van der Waals surface area contributed by atoms with Crippen molar-refractivity contribution in [3.8, 4) is 5.69 Å². The van der Waals surface area contributed by atoms with Crippen molar-refractivity contribution in [2.45, 2.75) is 13.8 Å². The zero-order valence-electron chi connectivity index (χ0n) is 14.3. The highest BCUT2D eigenvalue weighted by atomic mass is 35.5. The summed E-state index contributed by atoms with van der Waals surface area (Å²) in [7, 11) is 0. The number of carbonyl (C=O) groups is 2. The molecule has 1 aromatic carbocycles. The lowest BCUT2D eigenvalue weighted by Gasteiger charge is -2.14. The van der Waals surface area contributed by atoms with Gasteiger partial charge < -0.3 is 14.5 Å². The number of rotatable bonds is 4. The van der Waals surface area contributed by atoms with Gasteiger partial charge in [0.25, 0.3) is 5.91 Å². The molecule has 1 amide bonds. The number of aromatic nitrogens is 1. The van der Waals surface area contributed by atoms with Crippen LogP contribution in [0.2, 0.25) is 10.0 Å². The van der Waals surface area contributed by atoms with E-state index < -0.39 is 18.4 Å². The summed E-state index contributed by atoms with van der Waals surface area (Å²) >= 11 is 18.3. The fourth-order valence-corrected chi connectivity index (χ4v) is 4.40. The Labute approximate surface area is 175 Å². The van der Waals surface area contributed by atoms with Crippen LogP contribution >= 0.6 is 47.2 Å². The first-order valence-electron chi connectivity index (χ1n) is 7.78. The van der Waals surface area contributed by atoms with Gasteiger partial charge in [-0.15, -0.1) is 0 Å². The Morgan fingerprint density at radius 3 is 2.59 bits per heavy atom. The topological polar surface area (TPSA) is 65.4 Å². The van der Waals surface area contributed by atoms with E-state index in [-0.39, 0.29) is 4.32 Å². The van der Waals surface area contributed by atoms with Gasteiger partial charge in [-0.3, -0.25) is 9.69 Å². The van der Waals surface area contributed by atoms with Crippen LogP contribution in [0.5, 0.6) is 0 Å². The second-order valence-corrected chi connectivity index (χ2v) is 8.39. The van der Waals surface area contributed by atoms with E-state index in [1.54, 1.807) is 18.2 Å². The minimum Gasteiger partial charge on any atom is -0.548 e. The van der Waals surface area contributed by atoms with E-state index in [1.165, 1.54) is 0 Å². The van der Waals surface area contributed by atoms with E-state index in [9.17, 15) is 14.7 Å². The summed E-state index contributed by atoms with van der Waals surface area (Å²) in [5, 5.41) is 11.7. The molecule has 1 aromatic heterocycles. The smallest absolute Gasteiger partial charge is 0.266 e. The number of aliphatic carboxylic acids is 1. The zero-order valence-corrected chi connectivity index (χ0v) is 17.4. The van der Waals surface area contributed by atoms with Crippen molar-refractivity contribution in [1.29, 1.82) is 0 Å². The fourth-order valence-electron chi connectivity index (χ4n) is 2.86. The van der Waals surface area contributed by atoms with Gasteiger partial charge in [0.1, 0.15) is 4.32 Å². The molecule has 3 rings (SSSR count). The molecule has 2 aromatic rings. The lowest BCUT2D eigenvalue weighted by molar-refractivity contribution is -0.305. The lowest BCUT2D eigenvalue weighted by atomic mass is 10.2. The number of aryl methyl sites for hydroxylation is 1. The second-order valence-electron chi connectivity index (χ2n) is 5.90. The third-order valence-corrected chi connectivity index (χ3v) is 6.20. The van der Waals surface area contributed by atoms with Crippen molar-refractivity contribution in [1.82, 2.24) is 9.47 Å². The van der Waals surface area contributed by atoms with Crippen molar-refractivity contribution in [3.63, 3.8) is 0 Å². The monoisotopic (exact) mass is 439 g/mol. The predicted octanol–water partition coefficient (Wildman–Crippen LogP) is 3.35. The van der Waals surface area contributed by atoms with Crippen molar-refractivity contribution in [2.24, 2.45) is 0 Å². The molecular weight excluding hydrogens is 427 g/mol. The highest BCUT2D eigenvalue weighted by Crippen LogP contribution is 2.34. The normalized spacial score (nSPS) is 15.9. The molecular formula is C18H13Cl2N2O3S2-. The number of thioether (sulfide) groups is 1. The Morgan fingerprint density at radius 1 is 1.26 bits per heavy atom. The van der Waals surface area contributed by atoms with Gasteiger partial charge in [-0.1, -0.05) is 47.2 Å². The van der Waals surface area contributed by atoms with Crippen LogP contribution in [-0.2, 0) is 9.59 Å². The van der Waals surface area contributed by atoms with Gasteiger partial charge >= 0.3 is 0 Å². The van der Waals surface area contributed by atoms with Gasteiger partial charge in [-0.25, -0.2) is 0 Å². The first kappa shape index (κ1) is 19.9. The van der Waals surface area contributed by atoms with Crippen LogP contribution < -0.4 is 5.11 Å². The Morgan fingerprint density at radius 2 is 1.96 bits per heavy atom. The van der Waals surface area contributed by atoms with Crippen molar-refractivity contribution in [3.05, 3.63) is 56.2 Å². The molecule has 0 radical (unpaired) electrons. The minimum absolute atomic E-state index is 0.203. The number of carbonyl (C=O) groups excluding carboxylic acids is 2. The van der Waals surface area contributed by atoms with Crippen LogP contribution in [0.3, 0.4) is 0 Å². The predicted molar refractivity (Wildman–Crippen MR) is 110 cm³/mol. The quantitative estimate of drug-likeness (QED) is 0.539. The Kier molecular flexibility index (Phi) is 5.67. The molecule has 140 valence electrons. The third-order valence-electron chi connectivity index (χ3n) is 4.08. The molecule has 0 atom stereocenters. The van der Waals surface area contributed by atoms with Gasteiger partial charge in [0.2, 0.25) is 0 Å². The molecule has 1 aliphatic heterocycles. The summed E-state index contributed by atoms with van der Waals surface area (Å²) in [4.78, 5) is 24.6. The summed E-state index contributed by atoms with van der Waals surface area (Å²) in [6, 6.07) is 7.29. The highest BCUT2D eigenvalue weighted by molar-refractivity contribution is 8.26. The Hall–Kier alpha value is -1.80. The molecule has 9 heteroatoms. The standard InChI is InChI=1S/C18H14Cl2N2O3S2/c1-9-5-11(6-15-17(25)21(8-16(23)24)18(26)27-15)10(2)22(9)12-3-4-13(19)14(20)7-12/h3-7H,8H2,1-2H3,(H,23,24)/p-1/b15-6+. The number of amides is 1. The van der Waals surface area contributed by atoms with E-state index in [1.807, 2.05) is 30.5 Å². The molecule has 0 aliphatic carbocycles. The maximum absolute atomic E-state index is 12.4. The lowest BCUT2D eigenvalue weighted by Crippen LogP contribution is -2.40. The molecule has 1 aliphatic rings. The molecule has 0 N–H and O–H groups in total. The van der Waals surface area contributed by atoms with E-state index >= 15 is 0 Å². The first-order chi connectivity index (χ1) is 12.7. The highest BCUT2D eigenvalue weighted by Gasteiger charge is 2.32. The Bertz CT molecular complexity index is 1010. The van der Waals surface area contributed by atoms with Gasteiger partial charge in [-0.05, 0) is 49.8 Å². The Balaban J connectivity index is 1.99. The van der Waals surface area contributed by atoms with Crippen LogP contribution in [0.25, 0.3) is 11.8 Å². The van der Waals surface area contributed by atoms with Crippen LogP contribution in [0.1, 0.15) is 17.0 Å². The number of nitrogens with zero attached hydrogens (tertiary/aromatic N) is 2. The van der Waals surface area contributed by atoms with Crippen molar-refractivity contribution < 1.29 is 14.7 Å². The average Bonchev–Trinajstić information content (AvgIpc) is 3.01. The number of carboxylic acids is 1. The van der Waals surface area contributed by atoms with Crippen LogP contribution in [0, 0.1) is 13.8 Å². The third kappa shape index (κ3) is 3.91. The number of carboxylic acid groups (broad SMARTS) is 1. The van der Waals surface area contributed by atoms with Gasteiger partial charge in [-0.2, -0.15) is 0 Å².